The van der Waals surface area contributed by atoms with Crippen LogP contribution in [0.15, 0.2) is 0 Å². The zero-order valence-electron chi connectivity index (χ0n) is 13.4. The molecule has 2 aliphatic heterocycles. The van der Waals surface area contributed by atoms with E-state index in [1.807, 2.05) is 0 Å². The lowest BCUT2D eigenvalue weighted by molar-refractivity contribution is 0.0147. The molecule has 0 amide bonds. The van der Waals surface area contributed by atoms with Gasteiger partial charge >= 0.3 is 0 Å². The van der Waals surface area contributed by atoms with Gasteiger partial charge in [0.2, 0.25) is 0 Å². The Kier molecular flexibility index (Phi) is 4.40. The first-order chi connectivity index (χ1) is 9.62. The van der Waals surface area contributed by atoms with E-state index < -0.39 is 0 Å². The maximum absolute atomic E-state index is 5.89. The summed E-state index contributed by atoms with van der Waals surface area (Å²) in [6.45, 7) is 11.7. The molecule has 0 aromatic heterocycles. The van der Waals surface area contributed by atoms with E-state index in [0.29, 0.717) is 16.9 Å². The predicted molar refractivity (Wildman–Crippen MR) is 83.0 cm³/mol. The summed E-state index contributed by atoms with van der Waals surface area (Å²) < 4.78 is 5.89. The van der Waals surface area contributed by atoms with Gasteiger partial charge in [0.1, 0.15) is 0 Å². The molecule has 20 heavy (non-hydrogen) atoms. The van der Waals surface area contributed by atoms with E-state index in [0.717, 1.165) is 6.61 Å². The van der Waals surface area contributed by atoms with Gasteiger partial charge in [-0.15, -0.1) is 0 Å². The van der Waals surface area contributed by atoms with E-state index in [-0.39, 0.29) is 0 Å². The van der Waals surface area contributed by atoms with Gasteiger partial charge in [-0.25, -0.2) is 0 Å². The molecule has 2 heterocycles. The zero-order valence-corrected chi connectivity index (χ0v) is 13.4. The van der Waals surface area contributed by atoms with Crippen molar-refractivity contribution in [3.63, 3.8) is 0 Å². The Morgan fingerprint density at radius 3 is 2.20 bits per heavy atom. The summed E-state index contributed by atoms with van der Waals surface area (Å²) in [4.78, 5) is 2.73. The summed E-state index contributed by atoms with van der Waals surface area (Å²) in [7, 11) is 0. The van der Waals surface area contributed by atoms with Gasteiger partial charge in [-0.05, 0) is 84.0 Å². The number of nitrogens with zero attached hydrogens (tertiary/aromatic N) is 1. The lowest BCUT2D eigenvalue weighted by Gasteiger charge is -2.45. The van der Waals surface area contributed by atoms with Crippen LogP contribution in [0.25, 0.3) is 0 Å². The normalized spacial score (nSPS) is 28.9. The van der Waals surface area contributed by atoms with Crippen molar-refractivity contribution in [2.45, 2.75) is 58.5 Å². The monoisotopic (exact) mass is 280 g/mol. The fraction of sp³-hybridized carbons (Fsp3) is 1.00. The molecule has 0 radical (unpaired) electrons. The van der Waals surface area contributed by atoms with Crippen molar-refractivity contribution in [1.82, 2.24) is 10.2 Å². The Bertz CT molecular complexity index is 309. The van der Waals surface area contributed by atoms with E-state index in [2.05, 4.69) is 24.1 Å². The summed E-state index contributed by atoms with van der Waals surface area (Å²) in [5.74, 6) is 0. The third kappa shape index (κ3) is 3.55. The van der Waals surface area contributed by atoms with Gasteiger partial charge in [-0.3, -0.25) is 0 Å². The number of rotatable bonds is 5. The van der Waals surface area contributed by atoms with Crippen LogP contribution in [-0.4, -0.2) is 50.3 Å². The van der Waals surface area contributed by atoms with Crippen molar-refractivity contribution in [3.05, 3.63) is 0 Å². The first-order valence-electron chi connectivity index (χ1n) is 8.66. The SMILES string of the molecule is CC(C)OCC1(CN2CCC3(CCNCC3)CC2)CC1. The van der Waals surface area contributed by atoms with Gasteiger partial charge in [-0.1, -0.05) is 0 Å². The lowest BCUT2D eigenvalue weighted by atomic mass is 9.71. The summed E-state index contributed by atoms with van der Waals surface area (Å²) in [5, 5.41) is 3.51. The van der Waals surface area contributed by atoms with Crippen molar-refractivity contribution in [1.29, 1.82) is 0 Å². The highest BCUT2D eigenvalue weighted by Gasteiger charge is 2.45. The molecule has 1 aliphatic carbocycles. The second kappa shape index (κ2) is 5.94. The Hall–Kier alpha value is -0.120. The first kappa shape index (κ1) is 14.8. The molecule has 0 unspecified atom stereocenters. The van der Waals surface area contributed by atoms with E-state index in [1.54, 1.807) is 0 Å². The van der Waals surface area contributed by atoms with Crippen molar-refractivity contribution in [2.24, 2.45) is 10.8 Å². The van der Waals surface area contributed by atoms with Crippen LogP contribution in [-0.2, 0) is 4.74 Å². The molecule has 3 aliphatic rings. The first-order valence-corrected chi connectivity index (χ1v) is 8.66. The third-order valence-electron chi connectivity index (χ3n) is 5.82. The summed E-state index contributed by atoms with van der Waals surface area (Å²) in [6.07, 6.45) is 8.80. The number of ether oxygens (including phenoxy) is 1. The van der Waals surface area contributed by atoms with Crippen molar-refractivity contribution < 1.29 is 4.74 Å². The van der Waals surface area contributed by atoms with Gasteiger partial charge in [-0.2, -0.15) is 0 Å². The van der Waals surface area contributed by atoms with Crippen LogP contribution < -0.4 is 5.32 Å². The quantitative estimate of drug-likeness (QED) is 0.838. The second-order valence-electron chi connectivity index (χ2n) is 7.89. The zero-order chi connectivity index (χ0) is 14.1. The molecular weight excluding hydrogens is 248 g/mol. The highest BCUT2D eigenvalue weighted by atomic mass is 16.5. The molecule has 2 saturated heterocycles. The van der Waals surface area contributed by atoms with Crippen LogP contribution in [0, 0.1) is 10.8 Å². The molecule has 1 saturated carbocycles. The molecule has 3 nitrogen and oxygen atoms in total. The number of hydrogen-bond donors (Lipinski definition) is 1. The average molecular weight is 280 g/mol. The van der Waals surface area contributed by atoms with Crippen LogP contribution in [0.2, 0.25) is 0 Å². The minimum atomic E-state index is 0.381. The van der Waals surface area contributed by atoms with E-state index in [1.165, 1.54) is 71.2 Å². The average Bonchev–Trinajstić information content (AvgIpc) is 3.21. The van der Waals surface area contributed by atoms with Gasteiger partial charge in [0, 0.05) is 12.0 Å². The number of nitrogens with one attached hydrogen (secondary N) is 1. The predicted octanol–water partition coefficient (Wildman–Crippen LogP) is 2.66. The number of hydrogen-bond acceptors (Lipinski definition) is 3. The van der Waals surface area contributed by atoms with Gasteiger partial charge in [0.15, 0.2) is 0 Å². The van der Waals surface area contributed by atoms with Gasteiger partial charge in [0.25, 0.3) is 0 Å². The molecule has 1 N–H and O–H groups in total. The summed E-state index contributed by atoms with van der Waals surface area (Å²) in [5.41, 5.74) is 1.20. The molecule has 0 aromatic carbocycles. The second-order valence-corrected chi connectivity index (χ2v) is 7.89. The molecule has 3 fully saturated rings. The molecule has 3 rings (SSSR count). The minimum absolute atomic E-state index is 0.381. The molecule has 0 aromatic rings. The highest BCUT2D eigenvalue weighted by molar-refractivity contribution is 4.98. The molecular formula is C17H32N2O. The summed E-state index contributed by atoms with van der Waals surface area (Å²) >= 11 is 0. The maximum atomic E-state index is 5.89. The fourth-order valence-electron chi connectivity index (χ4n) is 3.99. The van der Waals surface area contributed by atoms with Crippen molar-refractivity contribution in [2.75, 3.05) is 39.3 Å². The van der Waals surface area contributed by atoms with Crippen LogP contribution in [0.1, 0.15) is 52.4 Å². The molecule has 3 heteroatoms. The summed E-state index contributed by atoms with van der Waals surface area (Å²) in [6, 6.07) is 0. The van der Waals surface area contributed by atoms with Gasteiger partial charge in [0.05, 0.1) is 12.7 Å². The standard InChI is InChI=1S/C17H32N2O/c1-15(2)20-14-17(3-4-17)13-19-11-7-16(8-12-19)5-9-18-10-6-16/h15,18H,3-14H2,1-2H3. The highest BCUT2D eigenvalue weighted by Crippen LogP contribution is 2.48. The van der Waals surface area contributed by atoms with E-state index in [4.69, 9.17) is 4.74 Å². The molecule has 0 bridgehead atoms. The Balaban J connectivity index is 1.44. The van der Waals surface area contributed by atoms with Crippen LogP contribution in [0.5, 0.6) is 0 Å². The van der Waals surface area contributed by atoms with Crippen LogP contribution in [0.4, 0.5) is 0 Å². The lowest BCUT2D eigenvalue weighted by Crippen LogP contribution is -2.47. The van der Waals surface area contributed by atoms with Crippen LogP contribution >= 0.6 is 0 Å². The smallest absolute Gasteiger partial charge is 0.0538 e. The third-order valence-corrected chi connectivity index (χ3v) is 5.82. The molecule has 116 valence electrons. The van der Waals surface area contributed by atoms with E-state index >= 15 is 0 Å². The Morgan fingerprint density at radius 1 is 1.00 bits per heavy atom. The van der Waals surface area contributed by atoms with Gasteiger partial charge < -0.3 is 15.0 Å². The largest absolute Gasteiger partial charge is 0.378 e. The topological polar surface area (TPSA) is 24.5 Å². The molecule has 1 spiro atoms. The maximum Gasteiger partial charge on any atom is 0.0538 e. The Morgan fingerprint density at radius 2 is 1.65 bits per heavy atom. The molecule has 0 atom stereocenters. The van der Waals surface area contributed by atoms with Crippen LogP contribution in [0.3, 0.4) is 0 Å². The Labute approximate surface area is 124 Å². The van der Waals surface area contributed by atoms with Crippen molar-refractivity contribution in [3.8, 4) is 0 Å². The number of piperidine rings is 2. The van der Waals surface area contributed by atoms with E-state index in [9.17, 15) is 0 Å². The minimum Gasteiger partial charge on any atom is -0.378 e. The van der Waals surface area contributed by atoms with Crippen molar-refractivity contribution >= 4 is 0 Å². The number of likely N-dealkylation sites (tertiary alicyclic amines) is 1. The fourth-order valence-corrected chi connectivity index (χ4v) is 3.99.